The number of carbonyl (C=O) groups excluding carboxylic acids is 1. The van der Waals surface area contributed by atoms with Gasteiger partial charge in [-0.2, -0.15) is 0 Å². The van der Waals surface area contributed by atoms with Crippen LogP contribution in [0.5, 0.6) is 0 Å². The van der Waals surface area contributed by atoms with E-state index in [0.717, 1.165) is 0 Å². The van der Waals surface area contributed by atoms with E-state index in [0.29, 0.717) is 6.54 Å². The third-order valence-corrected chi connectivity index (χ3v) is 1.08. The van der Waals surface area contributed by atoms with Crippen molar-refractivity contribution >= 4 is 12.4 Å². The lowest BCUT2D eigenvalue weighted by molar-refractivity contribution is -0.123. The highest BCUT2D eigenvalue weighted by Crippen LogP contribution is 1.94. The zero-order valence-corrected chi connectivity index (χ0v) is 8.59. The number of carbonyl (C=O) groups is 2. The van der Waals surface area contributed by atoms with Gasteiger partial charge in [0.15, 0.2) is 0 Å². The van der Waals surface area contributed by atoms with E-state index in [-0.39, 0.29) is 12.4 Å². The third kappa shape index (κ3) is 18.8. The van der Waals surface area contributed by atoms with Gasteiger partial charge in [0.25, 0.3) is 6.47 Å². The molecule has 0 aliphatic heterocycles. The summed E-state index contributed by atoms with van der Waals surface area (Å²) in [5.74, 6) is -0.333. The smallest absolute Gasteiger partial charge is 0.290 e. The molecule has 0 aliphatic carbocycles. The number of hydrogen-bond donors (Lipinski definition) is 3. The van der Waals surface area contributed by atoms with Crippen LogP contribution < -0.4 is 11.5 Å². The fourth-order valence-electron chi connectivity index (χ4n) is 0.614. The van der Waals surface area contributed by atoms with Crippen molar-refractivity contribution < 1.29 is 14.7 Å². The Balaban J connectivity index is 0. The average Bonchev–Trinajstić information content (AvgIpc) is 2.19. The van der Waals surface area contributed by atoms with Crippen molar-refractivity contribution in [1.82, 2.24) is 0 Å². The summed E-state index contributed by atoms with van der Waals surface area (Å²) in [5, 5.41) is 6.89. The van der Waals surface area contributed by atoms with E-state index in [1.54, 1.807) is 0 Å². The molecule has 0 fully saturated rings. The maximum absolute atomic E-state index is 9.22. The largest absolute Gasteiger partial charge is 0.483 e. The highest BCUT2D eigenvalue weighted by Gasteiger charge is 1.80. The van der Waals surface area contributed by atoms with Gasteiger partial charge in [0.05, 0.1) is 0 Å². The van der Waals surface area contributed by atoms with Gasteiger partial charge in [-0.15, -0.1) is 0 Å². The monoisotopic (exact) mass is 212 g/mol. The molecule has 5 heteroatoms. The number of benzene rings is 1. The second-order valence-corrected chi connectivity index (χ2v) is 2.41. The third-order valence-electron chi connectivity index (χ3n) is 1.08. The van der Waals surface area contributed by atoms with E-state index in [9.17, 15) is 4.79 Å². The quantitative estimate of drug-likeness (QED) is 0.583. The molecule has 84 valence electrons. The molecule has 1 rings (SSSR count). The van der Waals surface area contributed by atoms with Crippen molar-refractivity contribution in [2.24, 2.45) is 11.5 Å². The molecule has 1 aromatic carbocycles. The molecule has 1 amide bonds. The first-order chi connectivity index (χ1) is 7.08. The molecule has 5 nitrogen and oxygen atoms in total. The number of carboxylic acid groups (broad SMARTS) is 1. The van der Waals surface area contributed by atoms with Gasteiger partial charge in [-0.1, -0.05) is 30.3 Å². The maximum atomic E-state index is 9.22. The predicted octanol–water partition coefficient (Wildman–Crippen LogP) is 0.338. The molecule has 0 heterocycles. The Morgan fingerprint density at radius 3 is 1.93 bits per heavy atom. The lowest BCUT2D eigenvalue weighted by atomic mass is 10.2. The minimum absolute atomic E-state index is 0.250. The molecular formula is C10H16N2O3. The van der Waals surface area contributed by atoms with Crippen LogP contribution in [0.4, 0.5) is 0 Å². The molecule has 0 atom stereocenters. The van der Waals surface area contributed by atoms with Crippen LogP contribution in [0.3, 0.4) is 0 Å². The van der Waals surface area contributed by atoms with Crippen LogP contribution in [0.2, 0.25) is 0 Å². The number of hydrogen-bond acceptors (Lipinski definition) is 3. The van der Waals surface area contributed by atoms with E-state index >= 15 is 0 Å². The lowest BCUT2D eigenvalue weighted by Gasteiger charge is -1.90. The van der Waals surface area contributed by atoms with Crippen molar-refractivity contribution in [2.75, 3.05) is 0 Å². The Kier molecular flexibility index (Phi) is 12.6. The van der Waals surface area contributed by atoms with E-state index in [4.69, 9.17) is 15.6 Å². The van der Waals surface area contributed by atoms with E-state index < -0.39 is 0 Å². The van der Waals surface area contributed by atoms with E-state index in [1.807, 2.05) is 30.3 Å². The maximum Gasteiger partial charge on any atom is 0.290 e. The molecule has 0 aliphatic rings. The summed E-state index contributed by atoms with van der Waals surface area (Å²) in [4.78, 5) is 17.6. The first-order valence-electron chi connectivity index (χ1n) is 4.16. The van der Waals surface area contributed by atoms with Crippen LogP contribution in [-0.2, 0) is 16.1 Å². The molecule has 0 saturated heterocycles. The topological polar surface area (TPSA) is 106 Å². The Morgan fingerprint density at radius 1 is 1.40 bits per heavy atom. The standard InChI is InChI=1S/C7H9N.C2H5NO.CH2O2/c8-6-7-4-2-1-3-5-7;1-2(3)4;2-1-3/h1-5H,6,8H2;1H3,(H2,3,4);1H,(H,2,3). The van der Waals surface area contributed by atoms with Gasteiger partial charge >= 0.3 is 0 Å². The summed E-state index contributed by atoms with van der Waals surface area (Å²) >= 11 is 0. The minimum Gasteiger partial charge on any atom is -0.483 e. The summed E-state index contributed by atoms with van der Waals surface area (Å²) in [5.41, 5.74) is 11.0. The van der Waals surface area contributed by atoms with Gasteiger partial charge in [0.2, 0.25) is 5.91 Å². The Labute approximate surface area is 88.7 Å². The Morgan fingerprint density at radius 2 is 1.73 bits per heavy atom. The zero-order valence-electron chi connectivity index (χ0n) is 8.59. The Bertz CT molecular complexity index is 259. The molecule has 0 spiro atoms. The molecule has 0 unspecified atom stereocenters. The summed E-state index contributed by atoms with van der Waals surface area (Å²) in [6.45, 7) is 1.70. The summed E-state index contributed by atoms with van der Waals surface area (Å²) in [6, 6.07) is 9.99. The number of amides is 1. The van der Waals surface area contributed by atoms with Crippen molar-refractivity contribution in [3.8, 4) is 0 Å². The van der Waals surface area contributed by atoms with Crippen LogP contribution >= 0.6 is 0 Å². The van der Waals surface area contributed by atoms with Crippen molar-refractivity contribution in [3.63, 3.8) is 0 Å². The summed E-state index contributed by atoms with van der Waals surface area (Å²) in [6.07, 6.45) is 0. The molecular weight excluding hydrogens is 196 g/mol. The van der Waals surface area contributed by atoms with Gasteiger partial charge in [0.1, 0.15) is 0 Å². The molecule has 0 bridgehead atoms. The number of rotatable bonds is 1. The second kappa shape index (κ2) is 12.1. The first kappa shape index (κ1) is 15.6. The molecule has 15 heavy (non-hydrogen) atoms. The van der Waals surface area contributed by atoms with E-state index in [2.05, 4.69) is 5.73 Å². The molecule has 0 saturated carbocycles. The van der Waals surface area contributed by atoms with Crippen LogP contribution in [-0.4, -0.2) is 17.5 Å². The molecule has 5 N–H and O–H groups in total. The van der Waals surface area contributed by atoms with Crippen LogP contribution in [0.1, 0.15) is 12.5 Å². The molecule has 0 radical (unpaired) electrons. The lowest BCUT2D eigenvalue weighted by Crippen LogP contribution is -2.01. The second-order valence-electron chi connectivity index (χ2n) is 2.41. The highest BCUT2D eigenvalue weighted by atomic mass is 16.3. The summed E-state index contributed by atoms with van der Waals surface area (Å²) in [7, 11) is 0. The number of primary amides is 1. The minimum atomic E-state index is -0.333. The predicted molar refractivity (Wildman–Crippen MR) is 57.9 cm³/mol. The number of nitrogens with two attached hydrogens (primary N) is 2. The van der Waals surface area contributed by atoms with Crippen molar-refractivity contribution in [1.29, 1.82) is 0 Å². The zero-order chi connectivity index (χ0) is 12.1. The molecule has 0 aromatic heterocycles. The van der Waals surface area contributed by atoms with E-state index in [1.165, 1.54) is 12.5 Å². The fraction of sp³-hybridized carbons (Fsp3) is 0.200. The van der Waals surface area contributed by atoms with Crippen LogP contribution in [0.15, 0.2) is 30.3 Å². The first-order valence-corrected chi connectivity index (χ1v) is 4.16. The van der Waals surface area contributed by atoms with Gasteiger partial charge in [-0.05, 0) is 5.56 Å². The highest BCUT2D eigenvalue weighted by molar-refractivity contribution is 5.70. The summed E-state index contributed by atoms with van der Waals surface area (Å²) < 4.78 is 0. The molecule has 1 aromatic rings. The van der Waals surface area contributed by atoms with Crippen LogP contribution in [0.25, 0.3) is 0 Å². The van der Waals surface area contributed by atoms with Gasteiger partial charge in [-0.3, -0.25) is 9.59 Å². The van der Waals surface area contributed by atoms with Gasteiger partial charge in [-0.25, -0.2) is 0 Å². The van der Waals surface area contributed by atoms with Gasteiger partial charge in [0, 0.05) is 13.5 Å². The Hall–Kier alpha value is -1.88. The SMILES string of the molecule is CC(N)=O.NCc1ccccc1.O=CO. The van der Waals surface area contributed by atoms with Crippen molar-refractivity contribution in [2.45, 2.75) is 13.5 Å². The normalized spacial score (nSPS) is 7.33. The van der Waals surface area contributed by atoms with Crippen LogP contribution in [0, 0.1) is 0 Å². The van der Waals surface area contributed by atoms with Gasteiger partial charge < -0.3 is 16.6 Å². The van der Waals surface area contributed by atoms with Crippen molar-refractivity contribution in [3.05, 3.63) is 35.9 Å². The average molecular weight is 212 g/mol. The fourth-order valence-corrected chi connectivity index (χ4v) is 0.614.